The van der Waals surface area contributed by atoms with Crippen LogP contribution in [0.4, 0.5) is 0 Å². The Bertz CT molecular complexity index is 79.0. The van der Waals surface area contributed by atoms with Crippen LogP contribution in [0.3, 0.4) is 0 Å². The van der Waals surface area contributed by atoms with Crippen LogP contribution >= 0.6 is 0 Å². The Morgan fingerprint density at radius 1 is 1.67 bits per heavy atom. The van der Waals surface area contributed by atoms with E-state index in [1.54, 1.807) is 0 Å². The molecule has 3 N–H and O–H groups in total. The van der Waals surface area contributed by atoms with E-state index in [4.69, 9.17) is 5.73 Å². The molecule has 0 aliphatic carbocycles. The van der Waals surface area contributed by atoms with Gasteiger partial charge in [0.15, 0.2) is 0 Å². The van der Waals surface area contributed by atoms with Crippen molar-refractivity contribution in [3.05, 3.63) is 12.3 Å². The van der Waals surface area contributed by atoms with Crippen molar-refractivity contribution in [2.24, 2.45) is 5.73 Å². The minimum Gasteiger partial charge on any atom is -0.403 e. The highest BCUT2D eigenvalue weighted by atomic mass is 14.8. The molecule has 2 heteroatoms. The van der Waals surface area contributed by atoms with Crippen molar-refractivity contribution in [2.75, 3.05) is 13.1 Å². The summed E-state index contributed by atoms with van der Waals surface area (Å²) < 4.78 is 0. The number of hydrogen-bond donors (Lipinski definition) is 2. The first kappa shape index (κ1) is 8.50. The fraction of sp³-hybridized carbons (Fsp3) is 0.714. The van der Waals surface area contributed by atoms with Gasteiger partial charge in [-0.25, -0.2) is 0 Å². The maximum Gasteiger partial charge on any atom is 0.000792 e. The molecule has 2 nitrogen and oxygen atoms in total. The molecule has 0 unspecified atom stereocenters. The van der Waals surface area contributed by atoms with Crippen LogP contribution in [-0.4, -0.2) is 13.1 Å². The Morgan fingerprint density at radius 3 is 2.78 bits per heavy atom. The van der Waals surface area contributed by atoms with Gasteiger partial charge in [0.2, 0.25) is 0 Å². The highest BCUT2D eigenvalue weighted by molar-refractivity contribution is 4.85. The largest absolute Gasteiger partial charge is 0.403 e. The lowest BCUT2D eigenvalue weighted by molar-refractivity contribution is 0.669. The SMILES string of the molecule is C=C(N)CCCNCC. The molecule has 0 aliphatic rings. The van der Waals surface area contributed by atoms with Crippen molar-refractivity contribution in [2.45, 2.75) is 19.8 Å². The molecule has 0 aromatic carbocycles. The topological polar surface area (TPSA) is 38.0 Å². The Hall–Kier alpha value is -0.500. The molecule has 0 aliphatic heterocycles. The summed E-state index contributed by atoms with van der Waals surface area (Å²) in [5.41, 5.74) is 6.14. The first-order valence-corrected chi connectivity index (χ1v) is 3.41. The van der Waals surface area contributed by atoms with Gasteiger partial charge in [0.1, 0.15) is 0 Å². The maximum atomic E-state index is 5.35. The summed E-state index contributed by atoms with van der Waals surface area (Å²) in [6.07, 6.45) is 2.04. The van der Waals surface area contributed by atoms with E-state index in [9.17, 15) is 0 Å². The second kappa shape index (κ2) is 5.63. The summed E-state index contributed by atoms with van der Waals surface area (Å²) in [6.45, 7) is 7.78. The molecule has 9 heavy (non-hydrogen) atoms. The van der Waals surface area contributed by atoms with Crippen LogP contribution in [0.15, 0.2) is 12.3 Å². The van der Waals surface area contributed by atoms with Gasteiger partial charge in [0, 0.05) is 5.70 Å². The van der Waals surface area contributed by atoms with Gasteiger partial charge in [-0.1, -0.05) is 13.5 Å². The van der Waals surface area contributed by atoms with Crippen molar-refractivity contribution in [1.29, 1.82) is 0 Å². The van der Waals surface area contributed by atoms with Gasteiger partial charge in [0.05, 0.1) is 0 Å². The summed E-state index contributed by atoms with van der Waals surface area (Å²) in [7, 11) is 0. The molecule has 0 amide bonds. The van der Waals surface area contributed by atoms with Crippen molar-refractivity contribution < 1.29 is 0 Å². The fourth-order valence-electron chi connectivity index (χ4n) is 0.617. The smallest absolute Gasteiger partial charge is 0.000792 e. The highest BCUT2D eigenvalue weighted by Crippen LogP contribution is 1.91. The third-order valence-electron chi connectivity index (χ3n) is 1.10. The molecule has 0 fully saturated rings. The molecule has 0 aromatic heterocycles. The van der Waals surface area contributed by atoms with Crippen molar-refractivity contribution in [1.82, 2.24) is 5.32 Å². The summed E-state index contributed by atoms with van der Waals surface area (Å²) in [5, 5.41) is 3.21. The molecule has 0 heterocycles. The molecule has 54 valence electrons. The second-order valence-corrected chi connectivity index (χ2v) is 2.12. The standard InChI is InChI=1S/C7H16N2/c1-3-9-6-4-5-7(2)8/h9H,2-6,8H2,1H3. The molecule has 0 saturated heterocycles. The molecular weight excluding hydrogens is 112 g/mol. The minimum absolute atomic E-state index is 0.785. The van der Waals surface area contributed by atoms with Crippen molar-refractivity contribution in [3.8, 4) is 0 Å². The predicted molar refractivity (Wildman–Crippen MR) is 41.1 cm³/mol. The van der Waals surface area contributed by atoms with Gasteiger partial charge in [0.25, 0.3) is 0 Å². The molecule has 0 radical (unpaired) electrons. The second-order valence-electron chi connectivity index (χ2n) is 2.12. The van der Waals surface area contributed by atoms with Gasteiger partial charge >= 0.3 is 0 Å². The molecule has 0 bridgehead atoms. The van der Waals surface area contributed by atoms with E-state index in [2.05, 4.69) is 18.8 Å². The lowest BCUT2D eigenvalue weighted by atomic mass is 10.2. The van der Waals surface area contributed by atoms with Gasteiger partial charge in [-0.15, -0.1) is 0 Å². The highest BCUT2D eigenvalue weighted by Gasteiger charge is 1.85. The summed E-state index contributed by atoms with van der Waals surface area (Å²) in [5.74, 6) is 0. The first-order valence-electron chi connectivity index (χ1n) is 3.41. The minimum atomic E-state index is 0.785. The van der Waals surface area contributed by atoms with Crippen LogP contribution in [0.2, 0.25) is 0 Å². The van der Waals surface area contributed by atoms with E-state index in [-0.39, 0.29) is 0 Å². The van der Waals surface area contributed by atoms with Crippen LogP contribution in [-0.2, 0) is 0 Å². The zero-order chi connectivity index (χ0) is 7.11. The Labute approximate surface area is 57.1 Å². The third kappa shape index (κ3) is 7.50. The quantitative estimate of drug-likeness (QED) is 0.539. The number of allylic oxidation sites excluding steroid dienone is 1. The average molecular weight is 128 g/mol. The first-order chi connectivity index (χ1) is 4.27. The van der Waals surface area contributed by atoms with E-state index in [1.165, 1.54) is 0 Å². The Balaban J connectivity index is 2.83. The lowest BCUT2D eigenvalue weighted by Crippen LogP contribution is -2.14. The molecular formula is C7H16N2. The van der Waals surface area contributed by atoms with Gasteiger partial charge < -0.3 is 11.1 Å². The van der Waals surface area contributed by atoms with E-state index >= 15 is 0 Å². The molecule has 0 atom stereocenters. The van der Waals surface area contributed by atoms with Crippen LogP contribution in [0, 0.1) is 0 Å². The fourth-order valence-corrected chi connectivity index (χ4v) is 0.617. The van der Waals surface area contributed by atoms with Gasteiger partial charge in [-0.2, -0.15) is 0 Å². The lowest BCUT2D eigenvalue weighted by Gasteiger charge is -1.99. The van der Waals surface area contributed by atoms with E-state index < -0.39 is 0 Å². The van der Waals surface area contributed by atoms with Crippen LogP contribution in [0.25, 0.3) is 0 Å². The van der Waals surface area contributed by atoms with Crippen LogP contribution in [0.1, 0.15) is 19.8 Å². The van der Waals surface area contributed by atoms with E-state index in [0.29, 0.717) is 0 Å². The summed E-state index contributed by atoms with van der Waals surface area (Å²) in [6, 6.07) is 0. The summed E-state index contributed by atoms with van der Waals surface area (Å²) >= 11 is 0. The van der Waals surface area contributed by atoms with Crippen molar-refractivity contribution in [3.63, 3.8) is 0 Å². The normalized spacial score (nSPS) is 9.44. The molecule has 0 aromatic rings. The number of nitrogens with two attached hydrogens (primary N) is 1. The average Bonchev–Trinajstić information content (AvgIpc) is 1.80. The molecule has 0 saturated carbocycles. The van der Waals surface area contributed by atoms with Gasteiger partial charge in [-0.05, 0) is 25.9 Å². The third-order valence-corrected chi connectivity index (χ3v) is 1.10. The number of nitrogens with one attached hydrogen (secondary N) is 1. The zero-order valence-electron chi connectivity index (χ0n) is 6.11. The molecule has 0 rings (SSSR count). The number of rotatable bonds is 5. The molecule has 0 spiro atoms. The number of hydrogen-bond acceptors (Lipinski definition) is 2. The Morgan fingerprint density at radius 2 is 2.33 bits per heavy atom. The van der Waals surface area contributed by atoms with Gasteiger partial charge in [-0.3, -0.25) is 0 Å². The monoisotopic (exact) mass is 128 g/mol. The van der Waals surface area contributed by atoms with E-state index in [0.717, 1.165) is 31.6 Å². The Kier molecular flexibility index (Phi) is 5.32. The van der Waals surface area contributed by atoms with Crippen LogP contribution < -0.4 is 11.1 Å². The van der Waals surface area contributed by atoms with Crippen molar-refractivity contribution >= 4 is 0 Å². The van der Waals surface area contributed by atoms with Crippen LogP contribution in [0.5, 0.6) is 0 Å². The maximum absolute atomic E-state index is 5.35. The predicted octanol–water partition coefficient (Wildman–Crippen LogP) is 0.848. The zero-order valence-corrected chi connectivity index (χ0v) is 6.11. The summed E-state index contributed by atoms with van der Waals surface area (Å²) in [4.78, 5) is 0. The van der Waals surface area contributed by atoms with E-state index in [1.807, 2.05) is 0 Å².